The number of halogens is 1. The molecule has 0 spiro atoms. The maximum Gasteiger partial charge on any atom is 0.216 e. The average Bonchev–Trinajstić information content (AvgIpc) is 3.76. The van der Waals surface area contributed by atoms with Crippen molar-refractivity contribution in [3.8, 4) is 39.5 Å². The number of hydrogen-bond donors (Lipinski definition) is 0. The first kappa shape index (κ1) is 41.9. The summed E-state index contributed by atoms with van der Waals surface area (Å²) in [5.41, 5.74) is 13.8. The second-order valence-electron chi connectivity index (χ2n) is 16.6. The van der Waals surface area contributed by atoms with Crippen LogP contribution in [0.15, 0.2) is 126 Å². The van der Waals surface area contributed by atoms with Gasteiger partial charge in [0.2, 0.25) is 5.71 Å². The molecular weight excluding hydrogens is 968 g/mol. The number of nitrogens with zero attached hydrogens (tertiary/aromatic N) is 4. The van der Waals surface area contributed by atoms with Crippen molar-refractivity contribution in [2.75, 3.05) is 0 Å². The van der Waals surface area contributed by atoms with E-state index in [4.69, 9.17) is 14.4 Å². The third-order valence-electron chi connectivity index (χ3n) is 10.5. The standard InChI is InChI=1S/C33H23FN3O.C18H24GeN.Ir/c1-19-17-23(22-12-14-24(34)15-13-22)18-20(2)30(19)37-29-10-5-4-9-28(29)36-32(37)27-8-6-7-25-26-16-11-21(3)35-33(26)38-31(25)27;1-14(2)11-16-12-18(15-9-7-6-8-10-15)20-13-17(16)19(3,4)5;/h4-7,9-18H,1-3H3;6-9,12-14H,11H2,1-5H3;/q2*-1;. The summed E-state index contributed by atoms with van der Waals surface area (Å²) in [6.07, 6.45) is 3.27. The Kier molecular flexibility index (Phi) is 12.2. The minimum Gasteiger partial charge on any atom is -0.486 e. The van der Waals surface area contributed by atoms with E-state index in [2.05, 4.69) is 109 Å². The first-order valence-corrected chi connectivity index (χ1v) is 27.2. The number of furan rings is 1. The van der Waals surface area contributed by atoms with Crippen LogP contribution in [0, 0.1) is 44.6 Å². The van der Waals surface area contributed by atoms with E-state index in [1.165, 1.54) is 17.7 Å². The maximum absolute atomic E-state index is 13.5. The Morgan fingerprint density at radius 3 is 2.19 bits per heavy atom. The molecule has 0 saturated heterocycles. The van der Waals surface area contributed by atoms with Crippen LogP contribution in [0.2, 0.25) is 17.3 Å². The third kappa shape index (κ3) is 8.61. The van der Waals surface area contributed by atoms with Crippen molar-refractivity contribution in [1.29, 1.82) is 0 Å². The first-order valence-electron chi connectivity index (χ1n) is 19.9. The fraction of sp³-hybridized carbons (Fsp3) is 0.196. The topological polar surface area (TPSA) is 56.7 Å². The van der Waals surface area contributed by atoms with E-state index in [0.717, 1.165) is 90.1 Å². The summed E-state index contributed by atoms with van der Waals surface area (Å²) in [6, 6.07) is 44.1. The van der Waals surface area contributed by atoms with Gasteiger partial charge in [-0.3, -0.25) is 4.98 Å². The van der Waals surface area contributed by atoms with E-state index in [-0.39, 0.29) is 25.9 Å². The van der Waals surface area contributed by atoms with Gasteiger partial charge in [-0.15, -0.1) is 18.2 Å². The molecule has 5 aromatic carbocycles. The summed E-state index contributed by atoms with van der Waals surface area (Å²) in [5.74, 6) is 8.51. The van der Waals surface area contributed by atoms with E-state index in [0.29, 0.717) is 11.6 Å². The normalized spacial score (nSPS) is 11.6. The zero-order chi connectivity index (χ0) is 40.7. The number of hydrogen-bond acceptors (Lipinski definition) is 4. The van der Waals surface area contributed by atoms with Crippen molar-refractivity contribution >= 4 is 50.8 Å². The molecule has 9 rings (SSSR count). The number of fused-ring (bicyclic) bond motifs is 4. The van der Waals surface area contributed by atoms with E-state index >= 15 is 0 Å². The van der Waals surface area contributed by atoms with E-state index < -0.39 is 13.3 Å². The van der Waals surface area contributed by atoms with Gasteiger partial charge in [0.25, 0.3) is 0 Å². The van der Waals surface area contributed by atoms with Crippen molar-refractivity contribution in [3.63, 3.8) is 0 Å². The van der Waals surface area contributed by atoms with Gasteiger partial charge in [-0.2, -0.15) is 0 Å². The van der Waals surface area contributed by atoms with Gasteiger partial charge in [-0.25, -0.2) is 9.37 Å². The van der Waals surface area contributed by atoms with Gasteiger partial charge in [0.05, 0.1) is 22.4 Å². The molecule has 59 heavy (non-hydrogen) atoms. The zero-order valence-corrected chi connectivity index (χ0v) is 39.2. The van der Waals surface area contributed by atoms with Crippen LogP contribution in [0.5, 0.6) is 0 Å². The van der Waals surface area contributed by atoms with Crippen LogP contribution in [-0.4, -0.2) is 32.8 Å². The Labute approximate surface area is 362 Å². The van der Waals surface area contributed by atoms with Crippen molar-refractivity contribution in [2.45, 2.75) is 58.3 Å². The fourth-order valence-corrected chi connectivity index (χ4v) is 11.2. The summed E-state index contributed by atoms with van der Waals surface area (Å²) in [7, 11) is 0. The molecule has 5 nitrogen and oxygen atoms in total. The van der Waals surface area contributed by atoms with Crippen LogP contribution in [0.25, 0.3) is 72.6 Å². The summed E-state index contributed by atoms with van der Waals surface area (Å²) >= 11 is -1.86. The van der Waals surface area contributed by atoms with Gasteiger partial charge in [-0.1, -0.05) is 35.2 Å². The molecule has 0 aliphatic heterocycles. The Morgan fingerprint density at radius 1 is 0.763 bits per heavy atom. The Balaban J connectivity index is 0.000000214. The van der Waals surface area contributed by atoms with Crippen LogP contribution in [0.4, 0.5) is 4.39 Å². The maximum atomic E-state index is 13.5. The Hall–Kier alpha value is -5.21. The van der Waals surface area contributed by atoms with Crippen LogP contribution < -0.4 is 4.40 Å². The minimum absolute atomic E-state index is 0. The summed E-state index contributed by atoms with van der Waals surface area (Å²) in [6.45, 7) is 10.7. The smallest absolute Gasteiger partial charge is 0.216 e. The molecule has 0 aliphatic rings. The van der Waals surface area contributed by atoms with E-state index in [1.807, 2.05) is 73.7 Å². The van der Waals surface area contributed by atoms with Crippen LogP contribution in [-0.2, 0) is 26.5 Å². The molecule has 1 radical (unpaired) electrons. The Morgan fingerprint density at radius 2 is 1.49 bits per heavy atom. The molecule has 8 heteroatoms. The SMILES string of the molecule is CC(C)Cc1cc(-c2[c-]cccc2)nc[c]1[Ge]([CH3])([CH3])[CH3].Cc1ccc2c(n1)oc1c(-c3nc4ccccc4n3-c3c(C)cc(-c4ccc(F)cc4)cc3C)[c-]ccc12.[Ir]. The second-order valence-corrected chi connectivity index (χ2v) is 27.2. The summed E-state index contributed by atoms with van der Waals surface area (Å²) in [4.78, 5) is 14.4. The number of aromatic nitrogens is 4. The largest absolute Gasteiger partial charge is 0.486 e. The van der Waals surface area contributed by atoms with Gasteiger partial charge in [0.1, 0.15) is 5.82 Å². The molecule has 0 atom stereocenters. The van der Waals surface area contributed by atoms with Crippen molar-refractivity contribution in [2.24, 2.45) is 5.92 Å². The molecule has 0 saturated carbocycles. The molecule has 0 aliphatic carbocycles. The number of para-hydroxylation sites is 2. The first-order chi connectivity index (χ1) is 27.9. The fourth-order valence-electron chi connectivity index (χ4n) is 7.90. The number of rotatable bonds is 7. The van der Waals surface area contributed by atoms with Gasteiger partial charge in [-0.05, 0) is 91.6 Å². The van der Waals surface area contributed by atoms with Gasteiger partial charge >= 0.3 is 126 Å². The number of pyridine rings is 2. The third-order valence-corrected chi connectivity index (χ3v) is 14.9. The van der Waals surface area contributed by atoms with Crippen LogP contribution in [0.1, 0.15) is 36.2 Å². The predicted octanol–water partition coefficient (Wildman–Crippen LogP) is 12.8. The Bertz CT molecular complexity index is 2910. The summed E-state index contributed by atoms with van der Waals surface area (Å²) in [5, 5.41) is 1.96. The van der Waals surface area contributed by atoms with Gasteiger partial charge < -0.3 is 8.98 Å². The molecule has 9 aromatic rings. The molecule has 299 valence electrons. The summed E-state index contributed by atoms with van der Waals surface area (Å²) < 4.78 is 23.6. The molecule has 0 amide bonds. The van der Waals surface area contributed by atoms with E-state index in [9.17, 15) is 4.39 Å². The van der Waals surface area contributed by atoms with Crippen LogP contribution in [0.3, 0.4) is 0 Å². The number of aryl methyl sites for hydroxylation is 3. The van der Waals surface area contributed by atoms with Gasteiger partial charge in [0.15, 0.2) is 0 Å². The number of benzene rings is 5. The monoisotopic (exact) mass is 1020 g/mol. The molecule has 0 bridgehead atoms. The molecule has 0 N–H and O–H groups in total. The van der Waals surface area contributed by atoms with Crippen molar-refractivity contribution < 1.29 is 28.9 Å². The molecule has 0 fully saturated rings. The molecule has 4 heterocycles. The van der Waals surface area contributed by atoms with Crippen molar-refractivity contribution in [1.82, 2.24) is 19.5 Å². The average molecular weight is 1020 g/mol. The van der Waals surface area contributed by atoms with Gasteiger partial charge in [0, 0.05) is 36.9 Å². The van der Waals surface area contributed by atoms with Crippen LogP contribution >= 0.6 is 0 Å². The number of imidazole rings is 1. The molecular formula is C51H47FGeIrN4O-2. The van der Waals surface area contributed by atoms with E-state index in [1.54, 1.807) is 4.40 Å². The van der Waals surface area contributed by atoms with Crippen molar-refractivity contribution in [3.05, 3.63) is 162 Å². The quantitative estimate of drug-likeness (QED) is 0.118. The minimum atomic E-state index is -1.86. The zero-order valence-electron chi connectivity index (χ0n) is 34.7. The molecule has 0 unspecified atom stereocenters. The predicted molar refractivity (Wildman–Crippen MR) is 240 cm³/mol. The second kappa shape index (κ2) is 17.2. The molecule has 4 aromatic heterocycles.